The van der Waals surface area contributed by atoms with E-state index in [-0.39, 0.29) is 0 Å². The highest BCUT2D eigenvalue weighted by atomic mass is 127. The quantitative estimate of drug-likeness (QED) is 0.268. The van der Waals surface area contributed by atoms with Crippen LogP contribution >= 0.6 is 57.4 Å². The molecule has 0 spiro atoms. The molecule has 18 heavy (non-hydrogen) atoms. The number of hydrogen-bond acceptors (Lipinski definition) is 1. The highest BCUT2D eigenvalue weighted by Gasteiger charge is 2.08. The van der Waals surface area contributed by atoms with Gasteiger partial charge in [-0.15, -0.1) is 0 Å². The second kappa shape index (κ2) is 9.51. The van der Waals surface area contributed by atoms with Gasteiger partial charge < -0.3 is 4.74 Å². The third kappa shape index (κ3) is 6.18. The first kappa shape index (κ1) is 16.7. The standard InChI is InChI=1S/C13H16Cl3IO/c14-10-8-11(15)13(12(16)9-10)18-7-5-3-1-2-4-6-17/h8-9H,1-7H2. The van der Waals surface area contributed by atoms with Gasteiger partial charge >= 0.3 is 0 Å². The molecule has 0 fully saturated rings. The van der Waals surface area contributed by atoms with E-state index < -0.39 is 0 Å². The van der Waals surface area contributed by atoms with Crippen molar-refractivity contribution in [3.8, 4) is 5.75 Å². The molecule has 0 aliphatic carbocycles. The van der Waals surface area contributed by atoms with E-state index in [1.54, 1.807) is 12.1 Å². The Morgan fingerprint density at radius 3 is 2.06 bits per heavy atom. The van der Waals surface area contributed by atoms with E-state index in [0.29, 0.717) is 27.4 Å². The molecule has 0 atom stereocenters. The Morgan fingerprint density at radius 1 is 0.889 bits per heavy atom. The number of unbranched alkanes of at least 4 members (excludes halogenated alkanes) is 4. The summed E-state index contributed by atoms with van der Waals surface area (Å²) in [6, 6.07) is 3.29. The normalized spacial score (nSPS) is 10.7. The van der Waals surface area contributed by atoms with Crippen molar-refractivity contribution in [3.63, 3.8) is 0 Å². The van der Waals surface area contributed by atoms with Gasteiger partial charge in [0.05, 0.1) is 16.7 Å². The van der Waals surface area contributed by atoms with Crippen molar-refractivity contribution in [1.82, 2.24) is 0 Å². The fraction of sp³-hybridized carbons (Fsp3) is 0.538. The summed E-state index contributed by atoms with van der Waals surface area (Å²) in [5.74, 6) is 0.537. The van der Waals surface area contributed by atoms with Gasteiger partial charge in [-0.05, 0) is 29.4 Å². The molecule has 1 nitrogen and oxygen atoms in total. The summed E-state index contributed by atoms with van der Waals surface area (Å²) in [5.41, 5.74) is 0. The van der Waals surface area contributed by atoms with E-state index in [9.17, 15) is 0 Å². The zero-order valence-corrected chi connectivity index (χ0v) is 14.4. The zero-order valence-electron chi connectivity index (χ0n) is 10.0. The molecule has 0 N–H and O–H groups in total. The Hall–Kier alpha value is 0.620. The summed E-state index contributed by atoms with van der Waals surface area (Å²) in [5, 5.41) is 1.46. The van der Waals surface area contributed by atoms with Gasteiger partial charge in [0.1, 0.15) is 0 Å². The fourth-order valence-electron chi connectivity index (χ4n) is 1.57. The van der Waals surface area contributed by atoms with E-state index in [1.807, 2.05) is 0 Å². The minimum absolute atomic E-state index is 0.470. The molecule has 0 bridgehead atoms. The Labute approximate surface area is 137 Å². The number of rotatable bonds is 8. The van der Waals surface area contributed by atoms with Gasteiger partial charge in [0.25, 0.3) is 0 Å². The van der Waals surface area contributed by atoms with Gasteiger partial charge in [-0.3, -0.25) is 0 Å². The topological polar surface area (TPSA) is 9.23 Å². The molecule has 0 aromatic heterocycles. The van der Waals surface area contributed by atoms with Gasteiger partial charge in [0, 0.05) is 5.02 Å². The molecule has 0 aliphatic heterocycles. The lowest BCUT2D eigenvalue weighted by Crippen LogP contribution is -1.98. The molecule has 0 radical (unpaired) electrons. The summed E-state index contributed by atoms with van der Waals surface area (Å²) >= 11 is 20.3. The van der Waals surface area contributed by atoms with Crippen molar-refractivity contribution >= 4 is 57.4 Å². The van der Waals surface area contributed by atoms with Crippen molar-refractivity contribution in [2.24, 2.45) is 0 Å². The van der Waals surface area contributed by atoms with Crippen molar-refractivity contribution in [3.05, 3.63) is 27.2 Å². The van der Waals surface area contributed by atoms with Crippen molar-refractivity contribution in [2.45, 2.75) is 32.1 Å². The first-order valence-corrected chi connectivity index (χ1v) is 8.64. The van der Waals surface area contributed by atoms with Crippen molar-refractivity contribution in [1.29, 1.82) is 0 Å². The van der Waals surface area contributed by atoms with Crippen LogP contribution in [0.2, 0.25) is 15.1 Å². The predicted molar refractivity (Wildman–Crippen MR) is 88.9 cm³/mol. The average molecular weight is 422 g/mol. The van der Waals surface area contributed by atoms with E-state index in [0.717, 1.165) is 6.42 Å². The maximum absolute atomic E-state index is 6.02. The van der Waals surface area contributed by atoms with Crippen LogP contribution in [0.5, 0.6) is 5.75 Å². The van der Waals surface area contributed by atoms with Crippen LogP contribution < -0.4 is 4.74 Å². The van der Waals surface area contributed by atoms with Crippen LogP contribution in [0.1, 0.15) is 32.1 Å². The third-order valence-electron chi connectivity index (χ3n) is 2.49. The van der Waals surface area contributed by atoms with Crippen LogP contribution in [0, 0.1) is 0 Å². The molecule has 0 amide bonds. The zero-order chi connectivity index (χ0) is 13.4. The van der Waals surface area contributed by atoms with Crippen molar-refractivity contribution < 1.29 is 4.74 Å². The van der Waals surface area contributed by atoms with Gasteiger partial charge in [-0.25, -0.2) is 0 Å². The number of hydrogen-bond donors (Lipinski definition) is 0. The smallest absolute Gasteiger partial charge is 0.156 e. The van der Waals surface area contributed by atoms with E-state index >= 15 is 0 Å². The number of benzene rings is 1. The lowest BCUT2D eigenvalue weighted by Gasteiger charge is -2.10. The second-order valence-corrected chi connectivity index (χ2v) is 6.33. The van der Waals surface area contributed by atoms with Crippen LogP contribution in [-0.4, -0.2) is 11.0 Å². The van der Waals surface area contributed by atoms with Crippen molar-refractivity contribution in [2.75, 3.05) is 11.0 Å². The van der Waals surface area contributed by atoms with Gasteiger partial charge in [0.15, 0.2) is 5.75 Å². The first-order valence-electron chi connectivity index (χ1n) is 5.98. The lowest BCUT2D eigenvalue weighted by atomic mass is 10.2. The maximum Gasteiger partial charge on any atom is 0.156 e. The molecule has 1 aromatic carbocycles. The minimum atomic E-state index is 0.470. The molecule has 0 saturated carbocycles. The Morgan fingerprint density at radius 2 is 1.44 bits per heavy atom. The largest absolute Gasteiger partial charge is 0.490 e. The van der Waals surface area contributed by atoms with Crippen LogP contribution in [-0.2, 0) is 0 Å². The number of ether oxygens (including phenoxy) is 1. The first-order chi connectivity index (χ1) is 8.65. The van der Waals surface area contributed by atoms with Gasteiger partial charge in [-0.1, -0.05) is 76.7 Å². The van der Waals surface area contributed by atoms with Crippen LogP contribution in [0.3, 0.4) is 0 Å². The molecule has 0 unspecified atom stereocenters. The molecule has 0 heterocycles. The molecular formula is C13H16Cl3IO. The molecule has 1 rings (SSSR count). The lowest BCUT2D eigenvalue weighted by molar-refractivity contribution is 0.305. The summed E-state index contributed by atoms with van der Waals surface area (Å²) < 4.78 is 6.85. The average Bonchev–Trinajstić information content (AvgIpc) is 2.30. The summed E-state index contributed by atoms with van der Waals surface area (Å²) in [6.07, 6.45) is 6.06. The Kier molecular flexibility index (Phi) is 8.81. The molecule has 0 saturated heterocycles. The summed E-state index contributed by atoms with van der Waals surface area (Å²) in [4.78, 5) is 0. The Bertz CT molecular complexity index is 348. The Balaban J connectivity index is 2.27. The van der Waals surface area contributed by atoms with E-state index in [1.165, 1.54) is 30.1 Å². The third-order valence-corrected chi connectivity index (χ3v) is 4.03. The summed E-state index contributed by atoms with van der Waals surface area (Å²) in [6.45, 7) is 0.644. The highest BCUT2D eigenvalue weighted by molar-refractivity contribution is 14.1. The second-order valence-electron chi connectivity index (χ2n) is 4.00. The molecular weight excluding hydrogens is 405 g/mol. The number of halogens is 4. The summed E-state index contributed by atoms with van der Waals surface area (Å²) in [7, 11) is 0. The SMILES string of the molecule is Clc1cc(Cl)c(OCCCCCCCI)c(Cl)c1. The van der Waals surface area contributed by atoms with Gasteiger partial charge in [0.2, 0.25) is 0 Å². The number of alkyl halides is 1. The highest BCUT2D eigenvalue weighted by Crippen LogP contribution is 2.35. The fourth-order valence-corrected chi connectivity index (χ4v) is 3.03. The minimum Gasteiger partial charge on any atom is -0.490 e. The van der Waals surface area contributed by atoms with E-state index in [2.05, 4.69) is 22.6 Å². The van der Waals surface area contributed by atoms with Crippen LogP contribution in [0.4, 0.5) is 0 Å². The van der Waals surface area contributed by atoms with Gasteiger partial charge in [-0.2, -0.15) is 0 Å². The van der Waals surface area contributed by atoms with Crippen LogP contribution in [0.25, 0.3) is 0 Å². The predicted octanol–water partition coefficient (Wildman–Crippen LogP) is 6.41. The van der Waals surface area contributed by atoms with Crippen LogP contribution in [0.15, 0.2) is 12.1 Å². The molecule has 0 aliphatic rings. The molecule has 5 heteroatoms. The molecule has 102 valence electrons. The monoisotopic (exact) mass is 420 g/mol. The van der Waals surface area contributed by atoms with E-state index in [4.69, 9.17) is 39.5 Å². The maximum atomic E-state index is 6.02. The molecule has 1 aromatic rings.